The molecule has 3 saturated heterocycles. The molecular weight excluding hydrogens is 1200 g/mol. The van der Waals surface area contributed by atoms with Gasteiger partial charge in [-0.05, 0) is 115 Å². The molecule has 0 bridgehead atoms. The van der Waals surface area contributed by atoms with Crippen LogP contribution in [0.25, 0.3) is 50.9 Å². The maximum atomic E-state index is 15.1. The molecule has 6 aliphatic rings. The predicted molar refractivity (Wildman–Crippen MR) is 351 cm³/mol. The second kappa shape index (κ2) is 22.4. The first-order valence-electron chi connectivity index (χ1n) is 31.0. The summed E-state index contributed by atoms with van der Waals surface area (Å²) in [6, 6.07) is 26.0. The van der Waals surface area contributed by atoms with Gasteiger partial charge in [-0.1, -0.05) is 24.3 Å². The van der Waals surface area contributed by atoms with Crippen molar-refractivity contribution in [3.63, 3.8) is 0 Å². The molecule has 0 spiro atoms. The van der Waals surface area contributed by atoms with E-state index in [1.165, 1.54) is 0 Å². The van der Waals surface area contributed by atoms with Crippen molar-refractivity contribution >= 4 is 97.2 Å². The Morgan fingerprint density at radius 3 is 1.20 bits per heavy atom. The fourth-order valence-corrected chi connectivity index (χ4v) is 18.9. The zero-order valence-corrected chi connectivity index (χ0v) is 54.5. The van der Waals surface area contributed by atoms with Crippen LogP contribution in [-0.2, 0) is 43.4 Å². The molecule has 15 rings (SSSR count). The number of fused-ring (bicyclic) bond motifs is 3. The quantitative estimate of drug-likeness (QED) is 0.0983. The van der Waals surface area contributed by atoms with Gasteiger partial charge in [0, 0.05) is 73.7 Å². The molecule has 90 heavy (non-hydrogen) atoms. The monoisotopic (exact) mass is 1270 g/mol. The first-order valence-corrected chi connectivity index (χ1v) is 37.0. The Kier molecular flexibility index (Phi) is 14.6. The van der Waals surface area contributed by atoms with E-state index in [4.69, 9.17) is 72.2 Å². The molecule has 27 heteroatoms. The maximum absolute atomic E-state index is 15.1. The number of aromatic nitrogens is 12. The minimum atomic E-state index is -2.88. The van der Waals surface area contributed by atoms with E-state index in [1.54, 1.807) is 18.8 Å². The van der Waals surface area contributed by atoms with Crippen molar-refractivity contribution in [3.8, 4) is 17.8 Å². The number of aryl methyl sites for hydroxylation is 3. The van der Waals surface area contributed by atoms with Gasteiger partial charge in [-0.25, -0.2) is 27.6 Å². The van der Waals surface area contributed by atoms with Crippen molar-refractivity contribution < 1.29 is 26.8 Å². The van der Waals surface area contributed by atoms with Crippen molar-refractivity contribution in [3.05, 3.63) is 107 Å². The van der Waals surface area contributed by atoms with Crippen molar-refractivity contribution in [2.45, 2.75) is 113 Å². The van der Waals surface area contributed by atoms with E-state index < -0.39 is 29.2 Å². The number of benzene rings is 3. The standard InChI is InChI=1S/C63H74N18O6S3/c1-36-33-85-23-20-76(36)58-30-55(73-88(7,82)44-16-17-44)67-62(71-58)80-40(5)65-48-26-42(14-18-51(48)80)46-29-54(46)90(9,84)75-57-32-60(78-22-25-87-35-38(78)3)72-63(69-57)81-41(6)66-49-27-43(15-19-52(49)81)45-28-53(45)89(8,83)74-56-31-59(77-21-24-86-34-37(77)2)70-61(68-56)79-39(4)64-47-12-10-11-13-50(47)79/h10-15,18-19,26-27,30-32,36-38,44-46,53-54H,16-17,20-25,28-29,33-35H2,1-9H3/t36-,37-,38-,45?,46?,53?,54?,88?,89+,90?/m1/s1. The molecule has 3 saturated carbocycles. The van der Waals surface area contributed by atoms with Crippen LogP contribution in [0.4, 0.5) is 34.9 Å². The molecule has 3 aromatic carbocycles. The van der Waals surface area contributed by atoms with Crippen molar-refractivity contribution in [1.82, 2.24) is 58.6 Å². The van der Waals surface area contributed by atoms with E-state index in [0.29, 0.717) is 137 Å². The largest absolute Gasteiger partial charge is 0.377 e. The highest BCUT2D eigenvalue weighted by molar-refractivity contribution is 7.94. The zero-order valence-electron chi connectivity index (χ0n) is 52.0. The Bertz CT molecular complexity index is 4780. The average molecular weight is 1280 g/mol. The number of nitrogens with zero attached hydrogens (tertiary/aromatic N) is 18. The molecule has 6 aromatic heterocycles. The summed E-state index contributed by atoms with van der Waals surface area (Å²) >= 11 is 0. The smallest absolute Gasteiger partial charge is 0.239 e. The summed E-state index contributed by atoms with van der Waals surface area (Å²) in [6.45, 7) is 17.4. The number of hydrogen-bond acceptors (Lipinski definition) is 21. The lowest BCUT2D eigenvalue weighted by atomic mass is 10.1. The van der Waals surface area contributed by atoms with Crippen LogP contribution in [0.5, 0.6) is 0 Å². The Balaban J connectivity index is 0.716. The van der Waals surface area contributed by atoms with E-state index in [-0.39, 0.29) is 45.7 Å². The first kappa shape index (κ1) is 58.8. The van der Waals surface area contributed by atoms with E-state index in [1.807, 2.05) is 89.1 Å². The summed E-state index contributed by atoms with van der Waals surface area (Å²) in [5.74, 6) is 6.37. The van der Waals surface area contributed by atoms with Crippen molar-refractivity contribution in [1.29, 1.82) is 0 Å². The van der Waals surface area contributed by atoms with Crippen molar-refractivity contribution in [2.24, 2.45) is 13.1 Å². The fourth-order valence-electron chi connectivity index (χ4n) is 13.4. The van der Waals surface area contributed by atoms with Crippen LogP contribution in [0.2, 0.25) is 0 Å². The number of hydrogen-bond donors (Lipinski definition) is 0. The average Bonchev–Trinajstić information content (AvgIpc) is 1.59. The molecule has 0 radical (unpaired) electrons. The van der Waals surface area contributed by atoms with E-state index in [9.17, 15) is 8.42 Å². The van der Waals surface area contributed by atoms with Gasteiger partial charge in [0.25, 0.3) is 0 Å². The lowest BCUT2D eigenvalue weighted by Crippen LogP contribution is -2.44. The third-order valence-corrected chi connectivity index (χ3v) is 25.1. The number of ether oxygens (including phenoxy) is 3. The Morgan fingerprint density at radius 1 is 0.444 bits per heavy atom. The van der Waals surface area contributed by atoms with Crippen LogP contribution in [0.15, 0.2) is 92.0 Å². The highest BCUT2D eigenvalue weighted by atomic mass is 32.2. The highest BCUT2D eigenvalue weighted by Crippen LogP contribution is 2.49. The SMILES string of the molecule is Cc1nc2cc(C3CC3S(C)(=O)=Nc3cc(N4CCOC[C@H]4C)nc(-n4c(C)nc5cc(C6CC6[S@](C)(=O)=Nc6cc(N7CCOC[C@H]7C)nc(-n7c(C)nc8ccccc87)n6)ccc54)n3)ccc2n1-c1nc(N=S(C)(=O)C2CC2)cc(N2CCOC[C@H]2C)n1. The van der Waals surface area contributed by atoms with E-state index in [0.717, 1.165) is 62.9 Å². The third kappa shape index (κ3) is 11.0. The fraction of sp³-hybridized carbons (Fsp3) is 0.476. The molecule has 6 unspecified atom stereocenters. The van der Waals surface area contributed by atoms with E-state index in [2.05, 4.69) is 59.7 Å². The highest BCUT2D eigenvalue weighted by Gasteiger charge is 2.46. The molecule has 9 heterocycles. The van der Waals surface area contributed by atoms with Crippen LogP contribution in [-0.4, -0.2) is 183 Å². The number of morpholine rings is 3. The van der Waals surface area contributed by atoms with Crippen LogP contribution in [0, 0.1) is 20.8 Å². The predicted octanol–water partition coefficient (Wildman–Crippen LogP) is 9.14. The Labute approximate surface area is 523 Å². The number of anilines is 3. The van der Waals surface area contributed by atoms with Gasteiger partial charge in [0.1, 0.15) is 34.9 Å². The molecule has 6 fully saturated rings. The summed E-state index contributed by atoms with van der Waals surface area (Å²) in [4.78, 5) is 51.7. The molecule has 24 nitrogen and oxygen atoms in total. The van der Waals surface area contributed by atoms with Crippen molar-refractivity contribution in [2.75, 3.05) is 92.7 Å². The zero-order chi connectivity index (χ0) is 62.1. The lowest BCUT2D eigenvalue weighted by Gasteiger charge is -2.34. The molecular formula is C63H74N18O6S3. The second-order valence-corrected chi connectivity index (χ2v) is 32.9. The van der Waals surface area contributed by atoms with Crippen LogP contribution >= 0.6 is 0 Å². The number of para-hydroxylation sites is 2. The van der Waals surface area contributed by atoms with Crippen LogP contribution in [0.3, 0.4) is 0 Å². The first-order chi connectivity index (χ1) is 43.2. The lowest BCUT2D eigenvalue weighted by molar-refractivity contribution is 0.0985. The van der Waals surface area contributed by atoms with Gasteiger partial charge in [-0.15, -0.1) is 0 Å². The van der Waals surface area contributed by atoms with Gasteiger partial charge in [0.15, 0.2) is 17.5 Å². The molecule has 3 aliphatic carbocycles. The second-order valence-electron chi connectivity index (χ2n) is 25.3. The molecule has 470 valence electrons. The normalized spacial score (nSPS) is 24.9. The topological polar surface area (TPSA) is 256 Å². The summed E-state index contributed by atoms with van der Waals surface area (Å²) < 4.78 is 81.7. The Morgan fingerprint density at radius 2 is 0.811 bits per heavy atom. The van der Waals surface area contributed by atoms with Gasteiger partial charge in [-0.2, -0.15) is 43.0 Å². The van der Waals surface area contributed by atoms with Gasteiger partial charge in [-0.3, -0.25) is 13.7 Å². The summed E-state index contributed by atoms with van der Waals surface area (Å²) in [6.07, 6.45) is 8.36. The molecule has 0 N–H and O–H groups in total. The van der Waals surface area contributed by atoms with Gasteiger partial charge >= 0.3 is 0 Å². The molecule has 10 atom stereocenters. The summed E-state index contributed by atoms with van der Waals surface area (Å²) in [5.41, 5.74) is 6.86. The van der Waals surface area contributed by atoms with Gasteiger partial charge in [0.2, 0.25) is 17.8 Å². The van der Waals surface area contributed by atoms with Crippen LogP contribution < -0.4 is 14.7 Å². The maximum Gasteiger partial charge on any atom is 0.239 e. The number of imidazole rings is 3. The van der Waals surface area contributed by atoms with Gasteiger partial charge < -0.3 is 28.9 Å². The number of rotatable bonds is 14. The summed E-state index contributed by atoms with van der Waals surface area (Å²) in [5, 5.41) is -0.401. The molecule has 3 aliphatic heterocycles. The molecule has 0 amide bonds. The third-order valence-electron chi connectivity index (χ3n) is 18.5. The minimum Gasteiger partial charge on any atom is -0.377 e. The van der Waals surface area contributed by atoms with Crippen LogP contribution in [0.1, 0.15) is 86.9 Å². The Hall–Kier alpha value is -7.56. The van der Waals surface area contributed by atoms with Gasteiger partial charge in [0.05, 0.1) is 131 Å². The van der Waals surface area contributed by atoms with E-state index >= 15 is 4.21 Å². The minimum absolute atomic E-state index is 0.0153. The summed E-state index contributed by atoms with van der Waals surface area (Å²) in [7, 11) is -8.20. The molecule has 9 aromatic rings.